The van der Waals surface area contributed by atoms with E-state index >= 15 is 0 Å². The molecule has 0 bridgehead atoms. The number of carbonyl (C=O) groups is 1. The summed E-state index contributed by atoms with van der Waals surface area (Å²) in [7, 11) is 4.06. The molecule has 0 saturated heterocycles. The highest BCUT2D eigenvalue weighted by atomic mass is 16.3. The molecule has 0 aromatic heterocycles. The van der Waals surface area contributed by atoms with Crippen molar-refractivity contribution in [2.45, 2.75) is 39.5 Å². The zero-order valence-electron chi connectivity index (χ0n) is 12.9. The fraction of sp³-hybridized carbons (Fsp3) is 0.562. The molecule has 2 N–H and O–H groups in total. The molecule has 4 nitrogen and oxygen atoms in total. The molecule has 0 aliphatic carbocycles. The lowest BCUT2D eigenvalue weighted by atomic mass is 10.0. The van der Waals surface area contributed by atoms with Gasteiger partial charge in [-0.05, 0) is 31.1 Å². The third-order valence-corrected chi connectivity index (χ3v) is 3.14. The maximum absolute atomic E-state index is 11.7. The minimum Gasteiger partial charge on any atom is -0.392 e. The third kappa shape index (κ3) is 6.17. The van der Waals surface area contributed by atoms with E-state index in [0.717, 1.165) is 12.1 Å². The Labute approximate surface area is 121 Å². The first kappa shape index (κ1) is 16.7. The molecule has 1 aromatic rings. The maximum atomic E-state index is 11.7. The molecule has 0 spiro atoms. The summed E-state index contributed by atoms with van der Waals surface area (Å²) < 4.78 is 0. The van der Waals surface area contributed by atoms with Gasteiger partial charge in [-0.3, -0.25) is 4.79 Å². The van der Waals surface area contributed by atoms with Gasteiger partial charge >= 0.3 is 0 Å². The summed E-state index contributed by atoms with van der Waals surface area (Å²) in [6.07, 6.45) is -0.412. The SMILES string of the molecule is CC(C)C(O)CC(=O)NCc1cccc(CN(C)C)c1. The first-order chi connectivity index (χ1) is 9.38. The number of hydrogen-bond acceptors (Lipinski definition) is 3. The van der Waals surface area contributed by atoms with Gasteiger partial charge in [0, 0.05) is 13.1 Å². The molecule has 0 saturated carbocycles. The van der Waals surface area contributed by atoms with Crippen LogP contribution < -0.4 is 5.32 Å². The Morgan fingerprint density at radius 1 is 1.30 bits per heavy atom. The molecule has 0 heterocycles. The highest BCUT2D eigenvalue weighted by Gasteiger charge is 2.13. The zero-order chi connectivity index (χ0) is 15.1. The van der Waals surface area contributed by atoms with Crippen LogP contribution in [0.4, 0.5) is 0 Å². The van der Waals surface area contributed by atoms with Crippen LogP contribution >= 0.6 is 0 Å². The molecule has 1 aromatic carbocycles. The molecule has 0 fully saturated rings. The van der Waals surface area contributed by atoms with Crippen LogP contribution in [0.5, 0.6) is 0 Å². The number of hydrogen-bond donors (Lipinski definition) is 2. The van der Waals surface area contributed by atoms with E-state index in [9.17, 15) is 9.90 Å². The van der Waals surface area contributed by atoms with Crippen molar-refractivity contribution in [3.05, 3.63) is 35.4 Å². The first-order valence-electron chi connectivity index (χ1n) is 7.05. The molecule has 1 unspecified atom stereocenters. The monoisotopic (exact) mass is 278 g/mol. The second-order valence-corrected chi connectivity index (χ2v) is 5.85. The summed E-state index contributed by atoms with van der Waals surface area (Å²) >= 11 is 0. The predicted molar refractivity (Wildman–Crippen MR) is 81.1 cm³/mol. The average Bonchev–Trinajstić information content (AvgIpc) is 2.36. The molecule has 4 heteroatoms. The molecule has 1 amide bonds. The van der Waals surface area contributed by atoms with E-state index in [0.29, 0.717) is 6.54 Å². The normalized spacial score (nSPS) is 12.8. The summed E-state index contributed by atoms with van der Waals surface area (Å²) in [5.41, 5.74) is 2.31. The topological polar surface area (TPSA) is 52.6 Å². The Balaban J connectivity index is 2.47. The van der Waals surface area contributed by atoms with Gasteiger partial charge in [-0.25, -0.2) is 0 Å². The van der Waals surface area contributed by atoms with Crippen LogP contribution in [0.15, 0.2) is 24.3 Å². The number of rotatable bonds is 7. The number of carbonyl (C=O) groups excluding carboxylic acids is 1. The number of aliphatic hydroxyl groups excluding tert-OH is 1. The second-order valence-electron chi connectivity index (χ2n) is 5.85. The Kier molecular flexibility index (Phi) is 6.68. The van der Waals surface area contributed by atoms with E-state index in [4.69, 9.17) is 0 Å². The van der Waals surface area contributed by atoms with Gasteiger partial charge in [-0.1, -0.05) is 38.1 Å². The smallest absolute Gasteiger partial charge is 0.222 e. The van der Waals surface area contributed by atoms with Crippen LogP contribution in [0.2, 0.25) is 0 Å². The molecule has 112 valence electrons. The van der Waals surface area contributed by atoms with Crippen LogP contribution in [0.25, 0.3) is 0 Å². The molecule has 1 atom stereocenters. The van der Waals surface area contributed by atoms with Crippen molar-refractivity contribution >= 4 is 5.91 Å². The number of benzene rings is 1. The summed E-state index contributed by atoms with van der Waals surface area (Å²) in [5, 5.41) is 12.5. The number of nitrogens with zero attached hydrogens (tertiary/aromatic N) is 1. The minimum absolute atomic E-state index is 0.101. The zero-order valence-corrected chi connectivity index (χ0v) is 12.9. The van der Waals surface area contributed by atoms with Crippen LogP contribution in [-0.4, -0.2) is 36.1 Å². The van der Waals surface area contributed by atoms with Crippen molar-refractivity contribution in [3.63, 3.8) is 0 Å². The Morgan fingerprint density at radius 3 is 2.55 bits per heavy atom. The Bertz CT molecular complexity index is 430. The quantitative estimate of drug-likeness (QED) is 0.799. The van der Waals surface area contributed by atoms with E-state index < -0.39 is 6.10 Å². The van der Waals surface area contributed by atoms with Gasteiger partial charge < -0.3 is 15.3 Å². The maximum Gasteiger partial charge on any atom is 0.222 e. The molecular weight excluding hydrogens is 252 g/mol. The van der Waals surface area contributed by atoms with Gasteiger partial charge in [-0.15, -0.1) is 0 Å². The largest absolute Gasteiger partial charge is 0.392 e. The number of aliphatic hydroxyl groups is 1. The lowest BCUT2D eigenvalue weighted by Gasteiger charge is -2.14. The van der Waals surface area contributed by atoms with Crippen molar-refractivity contribution < 1.29 is 9.90 Å². The average molecular weight is 278 g/mol. The highest BCUT2D eigenvalue weighted by molar-refractivity contribution is 5.76. The summed E-state index contributed by atoms with van der Waals surface area (Å²) in [6.45, 7) is 5.20. The third-order valence-electron chi connectivity index (χ3n) is 3.14. The molecule has 0 radical (unpaired) electrons. The van der Waals surface area contributed by atoms with Crippen molar-refractivity contribution in [1.29, 1.82) is 0 Å². The lowest BCUT2D eigenvalue weighted by molar-refractivity contribution is -0.123. The van der Waals surface area contributed by atoms with E-state index in [-0.39, 0.29) is 18.2 Å². The van der Waals surface area contributed by atoms with Gasteiger partial charge in [0.25, 0.3) is 0 Å². The molecule has 0 aliphatic heterocycles. The van der Waals surface area contributed by atoms with Crippen LogP contribution in [-0.2, 0) is 17.9 Å². The standard InChI is InChI=1S/C16H26N2O2/c1-12(2)15(19)9-16(20)17-10-13-6-5-7-14(8-13)11-18(3)4/h5-8,12,15,19H,9-11H2,1-4H3,(H,17,20). The van der Waals surface area contributed by atoms with Gasteiger partial charge in [0.15, 0.2) is 0 Å². The minimum atomic E-state index is -0.574. The van der Waals surface area contributed by atoms with E-state index in [2.05, 4.69) is 22.3 Å². The highest BCUT2D eigenvalue weighted by Crippen LogP contribution is 2.08. The Hall–Kier alpha value is -1.39. The summed E-state index contributed by atoms with van der Waals surface area (Å²) in [6, 6.07) is 8.18. The molecule has 20 heavy (non-hydrogen) atoms. The fourth-order valence-corrected chi connectivity index (χ4v) is 1.90. The predicted octanol–water partition coefficient (Wildman–Crippen LogP) is 1.77. The Morgan fingerprint density at radius 2 is 1.95 bits per heavy atom. The van der Waals surface area contributed by atoms with Gasteiger partial charge in [0.1, 0.15) is 0 Å². The van der Waals surface area contributed by atoms with Crippen LogP contribution in [0, 0.1) is 5.92 Å². The van der Waals surface area contributed by atoms with Crippen LogP contribution in [0.3, 0.4) is 0 Å². The van der Waals surface area contributed by atoms with E-state index in [1.54, 1.807) is 0 Å². The summed E-state index contributed by atoms with van der Waals surface area (Å²) in [5.74, 6) is -0.00613. The molecular formula is C16H26N2O2. The van der Waals surface area contributed by atoms with Gasteiger partial charge in [0.2, 0.25) is 5.91 Å². The first-order valence-corrected chi connectivity index (χ1v) is 7.05. The van der Waals surface area contributed by atoms with Gasteiger partial charge in [-0.2, -0.15) is 0 Å². The second kappa shape index (κ2) is 8.02. The van der Waals surface area contributed by atoms with Crippen molar-refractivity contribution in [3.8, 4) is 0 Å². The fourth-order valence-electron chi connectivity index (χ4n) is 1.90. The van der Waals surface area contributed by atoms with E-state index in [1.807, 2.05) is 40.1 Å². The van der Waals surface area contributed by atoms with E-state index in [1.165, 1.54) is 5.56 Å². The van der Waals surface area contributed by atoms with Crippen molar-refractivity contribution in [2.24, 2.45) is 5.92 Å². The number of nitrogens with one attached hydrogen (secondary N) is 1. The molecule has 1 rings (SSSR count). The van der Waals surface area contributed by atoms with Crippen molar-refractivity contribution in [2.75, 3.05) is 14.1 Å². The lowest BCUT2D eigenvalue weighted by Crippen LogP contribution is -2.29. The molecule has 0 aliphatic rings. The van der Waals surface area contributed by atoms with Crippen LogP contribution in [0.1, 0.15) is 31.4 Å². The number of amides is 1. The van der Waals surface area contributed by atoms with Crippen molar-refractivity contribution in [1.82, 2.24) is 10.2 Å². The van der Waals surface area contributed by atoms with Gasteiger partial charge in [0.05, 0.1) is 12.5 Å². The summed E-state index contributed by atoms with van der Waals surface area (Å²) in [4.78, 5) is 13.8.